The minimum atomic E-state index is -0.491. The number of nitrogens with two attached hydrogens (primary N) is 1. The summed E-state index contributed by atoms with van der Waals surface area (Å²) in [6.07, 6.45) is 0.620. The molecule has 2 rings (SSSR count). The molecular formula is C22H29N3O4. The van der Waals surface area contributed by atoms with Crippen LogP contribution < -0.4 is 21.1 Å². The second-order valence-electron chi connectivity index (χ2n) is 6.75. The van der Waals surface area contributed by atoms with Gasteiger partial charge in [0.25, 0.3) is 0 Å². The molecular weight excluding hydrogens is 370 g/mol. The van der Waals surface area contributed by atoms with Crippen LogP contribution in [0.2, 0.25) is 0 Å². The van der Waals surface area contributed by atoms with Crippen LogP contribution in [0.15, 0.2) is 54.6 Å². The largest absolute Gasteiger partial charge is 0.497 e. The fourth-order valence-corrected chi connectivity index (χ4v) is 2.87. The molecule has 4 N–H and O–H groups in total. The smallest absolute Gasteiger partial charge is 0.407 e. The Bertz CT molecular complexity index is 765. The molecule has 0 spiro atoms. The number of nitrogens with one attached hydrogen (secondary N) is 2. The van der Waals surface area contributed by atoms with Crippen molar-refractivity contribution in [1.29, 1.82) is 0 Å². The summed E-state index contributed by atoms with van der Waals surface area (Å²) in [7, 11) is 1.62. The van der Waals surface area contributed by atoms with Gasteiger partial charge in [-0.2, -0.15) is 0 Å². The molecule has 0 saturated carbocycles. The van der Waals surface area contributed by atoms with Gasteiger partial charge in [0.1, 0.15) is 12.4 Å². The van der Waals surface area contributed by atoms with Gasteiger partial charge in [-0.25, -0.2) is 4.79 Å². The fraction of sp³-hybridized carbons (Fsp3) is 0.364. The van der Waals surface area contributed by atoms with Gasteiger partial charge < -0.3 is 20.5 Å². The molecule has 2 aromatic carbocycles. The molecule has 2 aromatic rings. The van der Waals surface area contributed by atoms with E-state index in [1.54, 1.807) is 7.11 Å². The van der Waals surface area contributed by atoms with Crippen molar-refractivity contribution < 1.29 is 19.1 Å². The van der Waals surface area contributed by atoms with Gasteiger partial charge in [0.05, 0.1) is 13.2 Å². The SMILES string of the molecule is COc1ccc([C@H](C)N[C@H](CCCNC(=O)OCc2ccccc2)C(N)=O)cc1. The summed E-state index contributed by atoms with van der Waals surface area (Å²) >= 11 is 0. The molecule has 0 bridgehead atoms. The van der Waals surface area contributed by atoms with Gasteiger partial charge in [0.2, 0.25) is 5.91 Å². The molecule has 0 radical (unpaired) electrons. The third-order valence-corrected chi connectivity index (χ3v) is 4.56. The van der Waals surface area contributed by atoms with Gasteiger partial charge in [0.15, 0.2) is 0 Å². The van der Waals surface area contributed by atoms with Crippen LogP contribution in [0.1, 0.15) is 36.9 Å². The summed E-state index contributed by atoms with van der Waals surface area (Å²) in [6.45, 7) is 2.59. The number of carbonyl (C=O) groups is 2. The molecule has 7 nitrogen and oxygen atoms in total. The molecule has 0 heterocycles. The van der Waals surface area contributed by atoms with Crippen LogP contribution in [0.3, 0.4) is 0 Å². The summed E-state index contributed by atoms with van der Waals surface area (Å²) in [5, 5.41) is 5.94. The van der Waals surface area contributed by atoms with E-state index in [0.29, 0.717) is 19.4 Å². The zero-order valence-electron chi connectivity index (χ0n) is 16.9. The number of alkyl carbamates (subject to hydrolysis) is 1. The summed E-state index contributed by atoms with van der Waals surface area (Å²) < 4.78 is 10.3. The van der Waals surface area contributed by atoms with E-state index in [4.69, 9.17) is 15.2 Å². The molecule has 0 aliphatic heterocycles. The van der Waals surface area contributed by atoms with Crippen molar-refractivity contribution in [2.75, 3.05) is 13.7 Å². The van der Waals surface area contributed by atoms with E-state index in [1.165, 1.54) is 0 Å². The first-order valence-corrected chi connectivity index (χ1v) is 9.63. The lowest BCUT2D eigenvalue weighted by Crippen LogP contribution is -2.43. The summed E-state index contributed by atoms with van der Waals surface area (Å²) in [4.78, 5) is 23.5. The van der Waals surface area contributed by atoms with Crippen LogP contribution >= 0.6 is 0 Å². The lowest BCUT2D eigenvalue weighted by molar-refractivity contribution is -0.120. The second kappa shape index (κ2) is 11.7. The second-order valence-corrected chi connectivity index (χ2v) is 6.75. The number of carbonyl (C=O) groups excluding carboxylic acids is 2. The molecule has 0 unspecified atom stereocenters. The van der Waals surface area contributed by atoms with Crippen LogP contribution in [0, 0.1) is 0 Å². The van der Waals surface area contributed by atoms with Crippen LogP contribution in [0.4, 0.5) is 4.79 Å². The Balaban J connectivity index is 1.71. The van der Waals surface area contributed by atoms with Crippen molar-refractivity contribution in [3.8, 4) is 5.75 Å². The lowest BCUT2D eigenvalue weighted by Gasteiger charge is -2.21. The number of primary amides is 1. The van der Waals surface area contributed by atoms with Crippen molar-refractivity contribution in [2.45, 2.75) is 38.5 Å². The average Bonchev–Trinajstić information content (AvgIpc) is 2.74. The molecule has 0 saturated heterocycles. The Hall–Kier alpha value is -3.06. The number of methoxy groups -OCH3 is 1. The minimum Gasteiger partial charge on any atom is -0.497 e. The maximum absolute atomic E-state index is 11.8. The highest BCUT2D eigenvalue weighted by molar-refractivity contribution is 5.79. The Morgan fingerprint density at radius 1 is 1.07 bits per heavy atom. The predicted molar refractivity (Wildman–Crippen MR) is 111 cm³/mol. The van der Waals surface area contributed by atoms with Gasteiger partial charge in [0, 0.05) is 12.6 Å². The van der Waals surface area contributed by atoms with E-state index < -0.39 is 18.0 Å². The number of rotatable bonds is 11. The quantitative estimate of drug-likeness (QED) is 0.504. The lowest BCUT2D eigenvalue weighted by atomic mass is 10.0. The highest BCUT2D eigenvalue weighted by atomic mass is 16.5. The van der Waals surface area contributed by atoms with Crippen molar-refractivity contribution >= 4 is 12.0 Å². The number of amides is 2. The van der Waals surface area contributed by atoms with Gasteiger partial charge in [-0.15, -0.1) is 0 Å². The van der Waals surface area contributed by atoms with Crippen molar-refractivity contribution in [2.24, 2.45) is 5.73 Å². The van der Waals surface area contributed by atoms with Crippen molar-refractivity contribution in [1.82, 2.24) is 10.6 Å². The maximum atomic E-state index is 11.8. The maximum Gasteiger partial charge on any atom is 0.407 e. The highest BCUT2D eigenvalue weighted by Crippen LogP contribution is 2.18. The van der Waals surface area contributed by atoms with Crippen LogP contribution in [-0.2, 0) is 16.1 Å². The molecule has 2 atom stereocenters. The summed E-state index contributed by atoms with van der Waals surface area (Å²) in [5.41, 5.74) is 7.48. The topological polar surface area (TPSA) is 103 Å². The molecule has 2 amide bonds. The van der Waals surface area contributed by atoms with Crippen molar-refractivity contribution in [3.05, 3.63) is 65.7 Å². The zero-order valence-corrected chi connectivity index (χ0v) is 16.9. The van der Waals surface area contributed by atoms with E-state index in [2.05, 4.69) is 10.6 Å². The number of benzene rings is 2. The van der Waals surface area contributed by atoms with E-state index in [1.807, 2.05) is 61.5 Å². The number of ether oxygens (including phenoxy) is 2. The van der Waals surface area contributed by atoms with Gasteiger partial charge >= 0.3 is 6.09 Å². The third kappa shape index (κ3) is 7.83. The third-order valence-electron chi connectivity index (χ3n) is 4.56. The average molecular weight is 399 g/mol. The molecule has 0 aliphatic carbocycles. The van der Waals surface area contributed by atoms with E-state index >= 15 is 0 Å². The van der Waals surface area contributed by atoms with Crippen LogP contribution in [-0.4, -0.2) is 31.7 Å². The fourth-order valence-electron chi connectivity index (χ4n) is 2.87. The van der Waals surface area contributed by atoms with Crippen LogP contribution in [0.5, 0.6) is 5.75 Å². The van der Waals surface area contributed by atoms with E-state index in [9.17, 15) is 9.59 Å². The Labute approximate surface area is 171 Å². The summed E-state index contributed by atoms with van der Waals surface area (Å²) in [6, 6.07) is 16.5. The monoisotopic (exact) mass is 399 g/mol. The standard InChI is InChI=1S/C22H29N3O4/c1-16(18-10-12-19(28-2)13-11-18)25-20(21(23)26)9-6-14-24-22(27)29-15-17-7-4-3-5-8-17/h3-5,7-8,10-13,16,20,25H,6,9,14-15H2,1-2H3,(H2,23,26)(H,24,27)/t16-,20+/m0/s1. The molecule has 29 heavy (non-hydrogen) atoms. The first kappa shape index (κ1) is 22.2. The Morgan fingerprint density at radius 3 is 2.38 bits per heavy atom. The van der Waals surface area contributed by atoms with Gasteiger partial charge in [-0.05, 0) is 43.0 Å². The van der Waals surface area contributed by atoms with Gasteiger partial charge in [-0.1, -0.05) is 42.5 Å². The predicted octanol–water partition coefficient (Wildman–Crippen LogP) is 2.91. The summed E-state index contributed by atoms with van der Waals surface area (Å²) in [5.74, 6) is 0.356. The first-order valence-electron chi connectivity index (χ1n) is 9.63. The number of hydrogen-bond acceptors (Lipinski definition) is 5. The first-order chi connectivity index (χ1) is 14.0. The minimum absolute atomic E-state index is 0.0535. The van der Waals surface area contributed by atoms with Crippen molar-refractivity contribution in [3.63, 3.8) is 0 Å². The normalized spacial score (nSPS) is 12.6. The van der Waals surface area contributed by atoms with Crippen LogP contribution in [0.25, 0.3) is 0 Å². The number of hydrogen-bond donors (Lipinski definition) is 3. The Morgan fingerprint density at radius 2 is 1.76 bits per heavy atom. The molecule has 0 fully saturated rings. The van der Waals surface area contributed by atoms with E-state index in [0.717, 1.165) is 16.9 Å². The molecule has 0 aliphatic rings. The highest BCUT2D eigenvalue weighted by Gasteiger charge is 2.18. The molecule has 7 heteroatoms. The molecule has 0 aromatic heterocycles. The Kier molecular flexibility index (Phi) is 8.98. The van der Waals surface area contributed by atoms with E-state index in [-0.39, 0.29) is 12.6 Å². The molecule has 156 valence electrons. The van der Waals surface area contributed by atoms with Gasteiger partial charge in [-0.3, -0.25) is 10.1 Å². The zero-order chi connectivity index (χ0) is 21.1.